The number of rotatable bonds is 47. The summed E-state index contributed by atoms with van der Waals surface area (Å²) in [5, 5.41) is 70.1. The Morgan fingerprint density at radius 3 is 1.34 bits per heavy atom. The van der Waals surface area contributed by atoms with E-state index in [1.54, 1.807) is 36.4 Å². The highest BCUT2D eigenvalue weighted by atomic mass is 33.1. The molecule has 53 heteroatoms. The third-order valence-corrected chi connectivity index (χ3v) is 25.3. The number of amides is 17. The lowest BCUT2D eigenvalue weighted by Crippen LogP contribution is -2.61. The monoisotopic (exact) mass is 2040 g/mol. The van der Waals surface area contributed by atoms with Crippen LogP contribution < -0.4 is 149 Å². The minimum atomic E-state index is -1.91. The third kappa shape index (κ3) is 43.7. The number of urea groups is 2. The van der Waals surface area contributed by atoms with Gasteiger partial charge in [0.05, 0.1) is 6.04 Å². The standard InChI is InChI=1S/C90H140N32O19S2/c91-35-5-3-17-58-74(128)115-63(18-4-6-36-92)83(137)122-43-13-24-70(122)82(136)119-66(46-51-28-33-56(124)34-29-51)78(132)114-61(21-10-39-106-87(98)99)73(127)112-62(22-11-42-109-90(103)141)76(130)120-68(80(134)116-64(84(138)139)23-12-40-107-88(100)101)48-142-143-49-69(81(135)118-65(45-50-26-31-55(123)32-27-50)77(131)113-60(72(126)111-58)20-9-38-105-86(96)97)121-79(133)67(47-52-25-30-53-14-1-2-15-54(53)44-52)117-75(129)59(19-8-37-104-85(94)95)110-71(125)57(93)16-7-41-108-89(102)140/h1-2,14-15,25-34,44,57-70,123-124H,3-13,16-24,35-43,45-49,91-93H2,(H,110,125)(H,111,126)(H,112,127)(H,113,131)(H,114,132)(H,115,128)(H,116,134)(H,117,129)(H,118,135)(H,119,136)(H,120,130)(H,121,133)(H,138,139)(H4,94,95,104)(H4,96,97,105)(H4,98,99,106)(H4,100,101,107)(H3,102,108,140)(H3,103,109,141)/t57-,58-,59-,60-,61-,62-,63+,64-,65-,66-,67-,68-,69-,70-/m0/s1. The highest BCUT2D eigenvalue weighted by Gasteiger charge is 2.43. The number of primary amides is 2. The predicted octanol–water partition coefficient (Wildman–Crippen LogP) is -6.74. The molecular weight excluding hydrogens is 1900 g/mol. The lowest BCUT2D eigenvalue weighted by molar-refractivity contribution is -0.142. The number of carboxylic acids is 1. The summed E-state index contributed by atoms with van der Waals surface area (Å²) in [4.78, 5) is 253. The molecule has 0 radical (unpaired) electrons. The van der Waals surface area contributed by atoms with Gasteiger partial charge in [0.15, 0.2) is 23.8 Å². The first-order valence-corrected chi connectivity index (χ1v) is 49.6. The number of nitrogens with two attached hydrogens (primary N) is 13. The summed E-state index contributed by atoms with van der Waals surface area (Å²) in [6.45, 7) is -0.418. The smallest absolute Gasteiger partial charge is 0.326 e. The number of hydrogen-bond donors (Lipinski definition) is 30. The molecule has 14 atom stereocenters. The second kappa shape index (κ2) is 62.6. The van der Waals surface area contributed by atoms with Crippen LogP contribution in [0.3, 0.4) is 0 Å². The van der Waals surface area contributed by atoms with E-state index in [4.69, 9.17) is 74.5 Å². The summed E-state index contributed by atoms with van der Waals surface area (Å²) < 4.78 is 0. The summed E-state index contributed by atoms with van der Waals surface area (Å²) >= 11 is 0. The average molecular weight is 2040 g/mol. The number of aliphatic imine (C=N–C) groups is 4. The van der Waals surface area contributed by atoms with Crippen molar-refractivity contribution in [2.45, 2.75) is 232 Å². The van der Waals surface area contributed by atoms with Crippen molar-refractivity contribution in [3.63, 3.8) is 0 Å². The molecule has 6 rings (SSSR count). The van der Waals surface area contributed by atoms with Gasteiger partial charge in [0.1, 0.15) is 90.0 Å². The van der Waals surface area contributed by atoms with E-state index in [-0.39, 0.29) is 222 Å². The number of aromatic hydroxyl groups is 2. The largest absolute Gasteiger partial charge is 0.508 e. The van der Waals surface area contributed by atoms with Crippen LogP contribution >= 0.6 is 21.6 Å². The number of phenolic OH excluding ortho intramolecular Hbond substituents is 2. The van der Waals surface area contributed by atoms with Crippen LogP contribution in [0.2, 0.25) is 0 Å². The van der Waals surface area contributed by atoms with Crippen molar-refractivity contribution in [1.29, 1.82) is 0 Å². The summed E-state index contributed by atoms with van der Waals surface area (Å²) in [6, 6.07) is -1.38. The quantitative estimate of drug-likeness (QED) is 0.00846. The van der Waals surface area contributed by atoms with Gasteiger partial charge in [0, 0.05) is 76.6 Å². The number of nitrogens with zero attached hydrogens (tertiary/aromatic N) is 5. The van der Waals surface area contributed by atoms with Crippen LogP contribution in [0.15, 0.2) is 111 Å². The number of guanidine groups is 4. The first kappa shape index (κ1) is 117. The molecule has 43 N–H and O–H groups in total. The van der Waals surface area contributed by atoms with E-state index in [1.165, 1.54) is 53.4 Å². The van der Waals surface area contributed by atoms with E-state index >= 15 is 57.5 Å². The summed E-state index contributed by atoms with van der Waals surface area (Å²) in [7, 11) is 1.47. The van der Waals surface area contributed by atoms with Crippen molar-refractivity contribution in [3.05, 3.63) is 108 Å². The molecule has 4 aromatic rings. The predicted molar refractivity (Wildman–Crippen MR) is 539 cm³/mol. The molecule has 786 valence electrons. The molecule has 0 aromatic heterocycles. The van der Waals surface area contributed by atoms with Crippen LogP contribution in [0.5, 0.6) is 11.5 Å². The van der Waals surface area contributed by atoms with Crippen LogP contribution in [0.25, 0.3) is 10.8 Å². The Labute approximate surface area is 834 Å². The second-order valence-corrected chi connectivity index (χ2v) is 36.8. The van der Waals surface area contributed by atoms with Gasteiger partial charge in [-0.15, -0.1) is 0 Å². The summed E-state index contributed by atoms with van der Waals surface area (Å²) in [5.41, 5.74) is 75.5. The number of hydrogen-bond acceptors (Lipinski definition) is 27. The number of fused-ring (bicyclic) bond motifs is 2. The van der Waals surface area contributed by atoms with Gasteiger partial charge >= 0.3 is 18.0 Å². The summed E-state index contributed by atoms with van der Waals surface area (Å²) in [6.07, 6.45) is -1.61. The molecule has 4 aromatic carbocycles. The molecule has 0 spiro atoms. The zero-order chi connectivity index (χ0) is 105. The number of carbonyl (C=O) groups is 16. The Balaban J connectivity index is 1.62. The lowest BCUT2D eigenvalue weighted by atomic mass is 10.00. The van der Waals surface area contributed by atoms with E-state index in [0.29, 0.717) is 29.4 Å². The van der Waals surface area contributed by atoms with E-state index in [0.717, 1.165) is 27.0 Å². The Morgan fingerprint density at radius 2 is 0.839 bits per heavy atom. The SMILES string of the molecule is NCCCC[C@@H]1NC(=O)[C@H](CCCN=C(N)N)NC(=O)[C@H](Cc2ccc(O)cc2)NC(=O)[C@@H](NC(=O)[C@H](Cc2ccc3ccccc3c2)NC(=O)[C@H](CCCN=C(N)N)NC(=O)[C@@H](N)CCCNC(N)=O)CSSC[C@@H](C(=O)N[C@@H](CCCN=C(N)N)C(=O)O)NC(=O)[C@H](CCCNC(N)=O)NC(=O)[C@H](CCCN=C(N)N)NC(=O)[C@H](Cc2ccc(O)cc2)NC(=O)[C@@H]2CCCN2C(=O)[C@@H](CCCCN)NC1=O. The molecule has 143 heavy (non-hydrogen) atoms. The Bertz CT molecular complexity index is 5030. The highest BCUT2D eigenvalue weighted by molar-refractivity contribution is 8.76. The molecule has 2 heterocycles. The van der Waals surface area contributed by atoms with Gasteiger partial charge in [0.25, 0.3) is 0 Å². The molecule has 0 bridgehead atoms. The number of nitrogens with one attached hydrogen (secondary N) is 14. The molecule has 51 nitrogen and oxygen atoms in total. The van der Waals surface area contributed by atoms with Gasteiger partial charge < -0.3 is 169 Å². The molecular formula is C90H140N32O19S2. The number of carbonyl (C=O) groups excluding carboxylic acids is 15. The van der Waals surface area contributed by atoms with Gasteiger partial charge in [-0.1, -0.05) is 88.3 Å². The maximum absolute atomic E-state index is 16.0. The number of unbranched alkanes of at least 4 members (excludes halogenated alkanes) is 2. The fraction of sp³-hybridized carbons (Fsp3) is 0.533. The molecule has 0 saturated carbocycles. The normalized spacial score (nSPS) is 20.2. The Hall–Kier alpha value is -14.5. The van der Waals surface area contributed by atoms with Crippen molar-refractivity contribution in [3.8, 4) is 11.5 Å². The van der Waals surface area contributed by atoms with Gasteiger partial charge in [-0.2, -0.15) is 0 Å². The van der Waals surface area contributed by atoms with E-state index in [1.807, 2.05) is 6.07 Å². The maximum Gasteiger partial charge on any atom is 0.326 e. The van der Waals surface area contributed by atoms with Crippen LogP contribution in [0.4, 0.5) is 9.59 Å². The van der Waals surface area contributed by atoms with E-state index in [9.17, 15) is 34.5 Å². The van der Waals surface area contributed by atoms with Crippen molar-refractivity contribution < 1.29 is 92.0 Å². The minimum Gasteiger partial charge on any atom is -0.508 e. The van der Waals surface area contributed by atoms with Crippen molar-refractivity contribution in [1.82, 2.24) is 79.3 Å². The molecule has 2 fully saturated rings. The van der Waals surface area contributed by atoms with Crippen LogP contribution in [0, 0.1) is 0 Å². The number of phenols is 2. The van der Waals surface area contributed by atoms with E-state index in [2.05, 4.69) is 94.4 Å². The Morgan fingerprint density at radius 1 is 0.420 bits per heavy atom. The number of benzene rings is 4. The second-order valence-electron chi connectivity index (χ2n) is 34.3. The van der Waals surface area contributed by atoms with Crippen molar-refractivity contribution in [2.75, 3.05) is 70.4 Å². The van der Waals surface area contributed by atoms with Gasteiger partial charge in [-0.05, 0) is 193 Å². The first-order chi connectivity index (χ1) is 68.2. The number of carboxylic acid groups (broad SMARTS) is 1. The molecule has 2 aliphatic rings. The van der Waals surface area contributed by atoms with Crippen molar-refractivity contribution >= 4 is 151 Å². The number of aliphatic carboxylic acids is 1. The fourth-order valence-corrected chi connectivity index (χ4v) is 17.7. The van der Waals surface area contributed by atoms with Gasteiger partial charge in [-0.3, -0.25) is 82.3 Å². The van der Waals surface area contributed by atoms with E-state index < -0.39 is 204 Å². The minimum absolute atomic E-state index is 0.0143. The zero-order valence-corrected chi connectivity index (χ0v) is 81.3. The van der Waals surface area contributed by atoms with Gasteiger partial charge in [0.2, 0.25) is 76.8 Å². The molecule has 0 unspecified atom stereocenters. The first-order valence-electron chi connectivity index (χ1n) is 47.1. The average Bonchev–Trinajstić information content (AvgIpc) is 1.72. The van der Waals surface area contributed by atoms with Gasteiger partial charge in [-0.25, -0.2) is 14.4 Å². The van der Waals surface area contributed by atoms with Crippen LogP contribution in [0.1, 0.15) is 145 Å². The zero-order valence-electron chi connectivity index (χ0n) is 79.7. The third-order valence-electron chi connectivity index (χ3n) is 22.9. The molecule has 0 aliphatic carbocycles. The summed E-state index contributed by atoms with van der Waals surface area (Å²) in [5.74, 6) is -17.6. The lowest BCUT2D eigenvalue weighted by Gasteiger charge is -2.31. The van der Waals surface area contributed by atoms with Crippen LogP contribution in [-0.4, -0.2) is 294 Å². The topological polar surface area (TPSA) is 893 Å². The maximum atomic E-state index is 16.0. The Kier molecular flexibility index (Phi) is 51.4. The van der Waals surface area contributed by atoms with Crippen molar-refractivity contribution in [2.24, 2.45) is 94.5 Å². The fourth-order valence-electron chi connectivity index (χ4n) is 15.4. The van der Waals surface area contributed by atoms with Crippen LogP contribution in [-0.2, 0) is 86.4 Å². The molecule has 2 saturated heterocycles. The highest BCUT2D eigenvalue weighted by Crippen LogP contribution is 2.27. The molecule has 2 aliphatic heterocycles. The molecule has 17 amide bonds.